The Morgan fingerprint density at radius 2 is 2.20 bits per heavy atom. The maximum Gasteiger partial charge on any atom is 0.352 e. The fraction of sp³-hybridized carbons (Fsp3) is 0.600. The van der Waals surface area contributed by atoms with Crippen LogP contribution in [-0.2, 0) is 9.59 Å². The molecular weight excluding hydrogens is 198 g/mol. The molecule has 1 saturated heterocycles. The van der Waals surface area contributed by atoms with E-state index in [1.54, 1.807) is 0 Å². The van der Waals surface area contributed by atoms with E-state index in [1.165, 1.54) is 11.8 Å². The van der Waals surface area contributed by atoms with Crippen molar-refractivity contribution in [1.29, 1.82) is 0 Å². The second-order valence-electron chi connectivity index (χ2n) is 4.11. The molecule has 0 aromatic heterocycles. The lowest BCUT2D eigenvalue weighted by atomic mass is 9.88. The van der Waals surface area contributed by atoms with E-state index < -0.39 is 12.1 Å². The number of β-lactam (4-membered cyclic amide) rings is 1. The fourth-order valence-electron chi connectivity index (χ4n) is 2.50. The van der Waals surface area contributed by atoms with Crippen molar-refractivity contribution in [2.24, 2.45) is 5.92 Å². The number of rotatable bonds is 2. The summed E-state index contributed by atoms with van der Waals surface area (Å²) in [5, 5.41) is 18.6. The van der Waals surface area contributed by atoms with Gasteiger partial charge in [0.2, 0.25) is 5.91 Å². The minimum absolute atomic E-state index is 0.0150. The van der Waals surface area contributed by atoms with Gasteiger partial charge in [-0.2, -0.15) is 0 Å². The van der Waals surface area contributed by atoms with Crippen molar-refractivity contribution in [3.63, 3.8) is 0 Å². The fourth-order valence-corrected chi connectivity index (χ4v) is 2.50. The second-order valence-corrected chi connectivity index (χ2v) is 4.11. The summed E-state index contributed by atoms with van der Waals surface area (Å²) in [5.41, 5.74) is 0.456. The molecule has 3 atom stereocenters. The first kappa shape index (κ1) is 10.2. The van der Waals surface area contributed by atoms with Gasteiger partial charge in [-0.1, -0.05) is 6.92 Å². The highest BCUT2D eigenvalue weighted by Crippen LogP contribution is 2.43. The van der Waals surface area contributed by atoms with Crippen molar-refractivity contribution in [2.45, 2.75) is 32.4 Å². The lowest BCUT2D eigenvalue weighted by Gasteiger charge is -2.37. The maximum absolute atomic E-state index is 11.3. The third-order valence-electron chi connectivity index (χ3n) is 3.22. The summed E-state index contributed by atoms with van der Waals surface area (Å²) >= 11 is 0. The van der Waals surface area contributed by atoms with Gasteiger partial charge in [-0.15, -0.1) is 0 Å². The third-order valence-corrected chi connectivity index (χ3v) is 3.22. The van der Waals surface area contributed by atoms with Gasteiger partial charge in [0.05, 0.1) is 12.1 Å². The van der Waals surface area contributed by atoms with Crippen molar-refractivity contribution in [1.82, 2.24) is 4.90 Å². The first-order valence-corrected chi connectivity index (χ1v) is 4.92. The molecule has 0 bridgehead atoms. The quantitative estimate of drug-likeness (QED) is 0.628. The number of carboxylic acids is 1. The second kappa shape index (κ2) is 3.06. The molecule has 2 aliphatic heterocycles. The largest absolute Gasteiger partial charge is 0.477 e. The highest BCUT2D eigenvalue weighted by atomic mass is 16.4. The van der Waals surface area contributed by atoms with Crippen LogP contribution in [0.3, 0.4) is 0 Å². The Morgan fingerprint density at radius 3 is 2.60 bits per heavy atom. The molecule has 0 aromatic rings. The number of hydrogen-bond donors (Lipinski definition) is 2. The number of fused-ring (bicyclic) bond motifs is 1. The van der Waals surface area contributed by atoms with E-state index in [1.807, 2.05) is 6.92 Å². The number of aliphatic hydroxyl groups is 1. The van der Waals surface area contributed by atoms with Crippen LogP contribution in [0.4, 0.5) is 0 Å². The van der Waals surface area contributed by atoms with Crippen molar-refractivity contribution in [3.8, 4) is 0 Å². The summed E-state index contributed by atoms with van der Waals surface area (Å²) in [6.45, 7) is 3.38. The van der Waals surface area contributed by atoms with Crippen LogP contribution in [0, 0.1) is 5.92 Å². The lowest BCUT2D eigenvalue weighted by Crippen LogP contribution is -2.51. The summed E-state index contributed by atoms with van der Waals surface area (Å²) in [4.78, 5) is 23.6. The van der Waals surface area contributed by atoms with Crippen LogP contribution < -0.4 is 0 Å². The number of nitrogens with zero attached hydrogens (tertiary/aromatic N) is 1. The van der Waals surface area contributed by atoms with Crippen molar-refractivity contribution in [2.75, 3.05) is 0 Å². The molecule has 2 heterocycles. The van der Waals surface area contributed by atoms with Crippen LogP contribution in [0.15, 0.2) is 11.3 Å². The minimum Gasteiger partial charge on any atom is -0.477 e. The number of carboxylic acid groups (broad SMARTS) is 1. The molecule has 0 spiro atoms. The highest BCUT2D eigenvalue weighted by Gasteiger charge is 2.52. The summed E-state index contributed by atoms with van der Waals surface area (Å²) in [7, 11) is 0. The molecule has 1 amide bonds. The van der Waals surface area contributed by atoms with E-state index in [2.05, 4.69) is 0 Å². The lowest BCUT2D eigenvalue weighted by molar-refractivity contribution is -0.148. The maximum atomic E-state index is 11.3. The Hall–Kier alpha value is -1.36. The molecule has 1 fully saturated rings. The van der Waals surface area contributed by atoms with Crippen molar-refractivity contribution in [3.05, 3.63) is 11.3 Å². The Bertz CT molecular complexity index is 372. The molecule has 5 nitrogen and oxygen atoms in total. The Morgan fingerprint density at radius 1 is 1.60 bits per heavy atom. The molecule has 0 radical (unpaired) electrons. The monoisotopic (exact) mass is 211 g/mol. The topological polar surface area (TPSA) is 77.8 Å². The number of carbonyl (C=O) groups is 2. The van der Waals surface area contributed by atoms with Crippen molar-refractivity contribution >= 4 is 11.9 Å². The summed E-state index contributed by atoms with van der Waals surface area (Å²) in [6, 6.07) is -0.0619. The molecular formula is C10H13NO4. The van der Waals surface area contributed by atoms with Crippen LogP contribution in [0.2, 0.25) is 0 Å². The number of aliphatic carboxylic acids is 1. The summed E-state index contributed by atoms with van der Waals surface area (Å²) in [6.07, 6.45) is -0.432. The molecule has 0 aliphatic carbocycles. The van der Waals surface area contributed by atoms with Gasteiger partial charge in [0, 0.05) is 12.3 Å². The normalized spacial score (nSPS) is 31.4. The first-order valence-electron chi connectivity index (χ1n) is 4.92. The van der Waals surface area contributed by atoms with Crippen LogP contribution in [0.25, 0.3) is 0 Å². The molecule has 5 heteroatoms. The van der Waals surface area contributed by atoms with Gasteiger partial charge in [0.1, 0.15) is 5.70 Å². The predicted molar refractivity (Wildman–Crippen MR) is 50.8 cm³/mol. The molecule has 2 N–H and O–H groups in total. The smallest absolute Gasteiger partial charge is 0.352 e. The van der Waals surface area contributed by atoms with E-state index in [-0.39, 0.29) is 23.6 Å². The Balaban J connectivity index is 2.47. The SMILES string of the molecule is CC(O)C1=C(C(=O)O)N2C(=O)CC2C1C. The average molecular weight is 211 g/mol. The number of hydrogen-bond acceptors (Lipinski definition) is 3. The zero-order chi connectivity index (χ0) is 11.3. The molecule has 3 unspecified atom stereocenters. The zero-order valence-electron chi connectivity index (χ0n) is 8.60. The predicted octanol–water partition coefficient (Wildman–Crippen LogP) is -0.0435. The van der Waals surface area contributed by atoms with E-state index in [0.29, 0.717) is 12.0 Å². The van der Waals surface area contributed by atoms with Crippen LogP contribution in [0.1, 0.15) is 20.3 Å². The zero-order valence-corrected chi connectivity index (χ0v) is 8.60. The molecule has 0 saturated carbocycles. The van der Waals surface area contributed by atoms with Gasteiger partial charge in [-0.3, -0.25) is 4.79 Å². The van der Waals surface area contributed by atoms with Crippen LogP contribution in [-0.4, -0.2) is 39.1 Å². The van der Waals surface area contributed by atoms with Gasteiger partial charge in [-0.25, -0.2) is 4.79 Å². The van der Waals surface area contributed by atoms with Crippen molar-refractivity contribution < 1.29 is 19.8 Å². The third kappa shape index (κ3) is 1.19. The molecule has 2 aliphatic rings. The minimum atomic E-state index is -1.13. The van der Waals surface area contributed by atoms with Crippen LogP contribution >= 0.6 is 0 Å². The highest BCUT2D eigenvalue weighted by molar-refractivity contribution is 5.98. The van der Waals surface area contributed by atoms with E-state index >= 15 is 0 Å². The molecule has 0 aromatic carbocycles. The molecule has 2 rings (SSSR count). The van der Waals surface area contributed by atoms with E-state index in [9.17, 15) is 14.7 Å². The summed E-state index contributed by atoms with van der Waals surface area (Å²) < 4.78 is 0. The molecule has 15 heavy (non-hydrogen) atoms. The number of carbonyl (C=O) groups excluding carboxylic acids is 1. The number of aliphatic hydroxyl groups excluding tert-OH is 1. The van der Waals surface area contributed by atoms with Gasteiger partial charge >= 0.3 is 5.97 Å². The van der Waals surface area contributed by atoms with Gasteiger partial charge < -0.3 is 15.1 Å². The first-order chi connectivity index (χ1) is 6.95. The summed E-state index contributed by atoms with van der Waals surface area (Å²) in [5.74, 6) is -1.36. The average Bonchev–Trinajstić information content (AvgIpc) is 2.34. The molecule has 82 valence electrons. The van der Waals surface area contributed by atoms with Gasteiger partial charge in [-0.05, 0) is 12.5 Å². The Kier molecular flexibility index (Phi) is 2.08. The van der Waals surface area contributed by atoms with Gasteiger partial charge in [0.15, 0.2) is 0 Å². The number of amides is 1. The van der Waals surface area contributed by atoms with Gasteiger partial charge in [0.25, 0.3) is 0 Å². The van der Waals surface area contributed by atoms with Crippen LogP contribution in [0.5, 0.6) is 0 Å². The standard InChI is InChI=1S/C10H13NO4/c1-4-6-3-7(13)11(6)9(10(14)15)8(4)5(2)12/h4-6,12H,3H2,1-2H3,(H,14,15). The Labute approximate surface area is 87.0 Å². The van der Waals surface area contributed by atoms with E-state index in [0.717, 1.165) is 0 Å². The van der Waals surface area contributed by atoms with E-state index in [4.69, 9.17) is 5.11 Å².